The highest BCUT2D eigenvalue weighted by molar-refractivity contribution is 7.80. The van der Waals surface area contributed by atoms with Crippen molar-refractivity contribution < 1.29 is 9.80 Å². The summed E-state index contributed by atoms with van der Waals surface area (Å²) in [5.41, 5.74) is 2.02. The second kappa shape index (κ2) is 8.82. The maximum atomic E-state index is 8.84. The monoisotopic (exact) mass is 333 g/mol. The molecule has 0 aliphatic carbocycles. The zero-order valence-corrected chi connectivity index (χ0v) is 14.9. The van der Waals surface area contributed by atoms with Crippen LogP contribution < -0.4 is 15.1 Å². The molecule has 1 fully saturated rings. The Labute approximate surface area is 144 Å². The molecule has 2 rings (SSSR count). The quantitative estimate of drug-likeness (QED) is 0.561. The molecule has 1 aliphatic heterocycles. The summed E-state index contributed by atoms with van der Waals surface area (Å²) in [6, 6.07) is 10.1. The fourth-order valence-electron chi connectivity index (χ4n) is 2.72. The molecule has 5 nitrogen and oxygen atoms in total. The third-order valence-electron chi connectivity index (χ3n) is 4.20. The third kappa shape index (κ3) is 5.79. The minimum Gasteiger partial charge on any atom is -0.357 e. The molecule has 1 aliphatic rings. The van der Waals surface area contributed by atoms with Gasteiger partial charge in [-0.3, -0.25) is 0 Å². The Morgan fingerprint density at radius 3 is 2.52 bits per heavy atom. The lowest BCUT2D eigenvalue weighted by Gasteiger charge is -2.34. The van der Waals surface area contributed by atoms with Gasteiger partial charge in [-0.05, 0) is 24.4 Å². The number of nitriles is 1. The van der Waals surface area contributed by atoms with E-state index in [1.807, 2.05) is 12.1 Å². The number of hydrogen-bond acceptors (Lipinski definition) is 2. The van der Waals surface area contributed by atoms with Gasteiger partial charge in [0, 0.05) is 5.56 Å². The highest BCUT2D eigenvalue weighted by Gasteiger charge is 2.21. The second-order valence-corrected chi connectivity index (χ2v) is 6.80. The van der Waals surface area contributed by atoms with E-state index in [2.05, 4.69) is 42.5 Å². The van der Waals surface area contributed by atoms with Crippen LogP contribution in [0.25, 0.3) is 0 Å². The van der Waals surface area contributed by atoms with Crippen molar-refractivity contribution in [1.82, 2.24) is 10.2 Å². The van der Waals surface area contributed by atoms with E-state index < -0.39 is 0 Å². The van der Waals surface area contributed by atoms with Crippen LogP contribution in [0.3, 0.4) is 0 Å². The van der Waals surface area contributed by atoms with E-state index in [1.54, 1.807) is 4.90 Å². The van der Waals surface area contributed by atoms with Gasteiger partial charge >= 0.3 is 0 Å². The molecule has 124 valence electrons. The molecular weight excluding hydrogens is 306 g/mol. The molecule has 1 aromatic carbocycles. The van der Waals surface area contributed by atoms with E-state index >= 15 is 0 Å². The van der Waals surface area contributed by atoms with Crippen LogP contribution in [0.1, 0.15) is 11.1 Å². The van der Waals surface area contributed by atoms with Crippen molar-refractivity contribution in [3.05, 3.63) is 35.4 Å². The molecule has 3 N–H and O–H groups in total. The van der Waals surface area contributed by atoms with Crippen LogP contribution in [0.2, 0.25) is 0 Å². The average Bonchev–Trinajstić information content (AvgIpc) is 2.56. The third-order valence-corrected chi connectivity index (χ3v) is 4.60. The Kier molecular flexibility index (Phi) is 6.78. The van der Waals surface area contributed by atoms with E-state index in [9.17, 15) is 0 Å². The van der Waals surface area contributed by atoms with Gasteiger partial charge in [0.1, 0.15) is 6.54 Å². The van der Waals surface area contributed by atoms with Gasteiger partial charge in [-0.25, -0.2) is 0 Å². The largest absolute Gasteiger partial charge is 0.357 e. The smallest absolute Gasteiger partial charge is 0.169 e. The average molecular weight is 334 g/mol. The fourth-order valence-corrected chi connectivity index (χ4v) is 3.00. The summed E-state index contributed by atoms with van der Waals surface area (Å²) in [5, 5.41) is 13.1. The van der Waals surface area contributed by atoms with Gasteiger partial charge in [-0.15, -0.1) is 0 Å². The van der Waals surface area contributed by atoms with Crippen molar-refractivity contribution in [3.63, 3.8) is 0 Å². The first-order valence-electron chi connectivity index (χ1n) is 8.23. The lowest BCUT2D eigenvalue weighted by atomic mass is 10.1. The van der Waals surface area contributed by atoms with Gasteiger partial charge < -0.3 is 20.0 Å². The SMILES string of the molecule is C[NH+](C)CCNC(=S)N1CC[NH+](Cc2ccc(C#N)cc2)CC1. The number of nitrogens with one attached hydrogen (secondary N) is 3. The molecule has 0 unspecified atom stereocenters. The van der Waals surface area contributed by atoms with Crippen molar-refractivity contribution in [2.24, 2.45) is 0 Å². The van der Waals surface area contributed by atoms with Crippen LogP contribution in [-0.2, 0) is 6.54 Å². The van der Waals surface area contributed by atoms with E-state index in [0.717, 1.165) is 56.5 Å². The number of thiocarbonyl (C=S) groups is 1. The van der Waals surface area contributed by atoms with Crippen molar-refractivity contribution >= 4 is 17.3 Å². The molecule has 0 bridgehead atoms. The molecule has 0 spiro atoms. The second-order valence-electron chi connectivity index (χ2n) is 6.41. The first-order chi connectivity index (χ1) is 11.1. The number of rotatable bonds is 5. The van der Waals surface area contributed by atoms with Crippen LogP contribution >= 0.6 is 12.2 Å². The molecule has 1 heterocycles. The van der Waals surface area contributed by atoms with Gasteiger partial charge in [-0.2, -0.15) is 5.26 Å². The number of benzene rings is 1. The Morgan fingerprint density at radius 1 is 1.30 bits per heavy atom. The summed E-state index contributed by atoms with van der Waals surface area (Å²) in [6.45, 7) is 7.23. The standard InChI is InChI=1S/C17H25N5S/c1-20(2)8-7-19-17(23)22-11-9-21(10-12-22)14-16-5-3-15(13-18)4-6-16/h3-6H,7-12,14H2,1-2H3,(H,19,23)/p+2. The molecule has 23 heavy (non-hydrogen) atoms. The minimum atomic E-state index is 0.726. The zero-order chi connectivity index (χ0) is 16.7. The molecule has 0 amide bonds. The number of quaternary nitrogens is 2. The number of likely N-dealkylation sites (N-methyl/N-ethyl adjacent to an activating group) is 1. The van der Waals surface area contributed by atoms with Crippen molar-refractivity contribution in [2.75, 3.05) is 53.4 Å². The zero-order valence-electron chi connectivity index (χ0n) is 14.1. The Morgan fingerprint density at radius 2 is 1.96 bits per heavy atom. The summed E-state index contributed by atoms with van der Waals surface area (Å²) in [5.74, 6) is 0. The van der Waals surface area contributed by atoms with Gasteiger partial charge in [0.25, 0.3) is 0 Å². The predicted molar refractivity (Wildman–Crippen MR) is 95.4 cm³/mol. The van der Waals surface area contributed by atoms with Crippen LogP contribution in [0.5, 0.6) is 0 Å². The summed E-state index contributed by atoms with van der Waals surface area (Å²) in [4.78, 5) is 5.28. The van der Waals surface area contributed by atoms with Crippen LogP contribution in [0.15, 0.2) is 24.3 Å². The first-order valence-corrected chi connectivity index (χ1v) is 8.63. The molecule has 0 aromatic heterocycles. The maximum absolute atomic E-state index is 8.84. The van der Waals surface area contributed by atoms with E-state index in [1.165, 1.54) is 10.5 Å². The predicted octanol–water partition coefficient (Wildman–Crippen LogP) is -1.72. The Bertz CT molecular complexity index is 541. The normalized spacial score (nSPS) is 15.5. The van der Waals surface area contributed by atoms with Gasteiger partial charge in [0.2, 0.25) is 0 Å². The van der Waals surface area contributed by atoms with Gasteiger partial charge in [-0.1, -0.05) is 12.1 Å². The molecular formula is C17H27N5S+2. The number of nitrogens with zero attached hydrogens (tertiary/aromatic N) is 2. The lowest BCUT2D eigenvalue weighted by molar-refractivity contribution is -0.917. The summed E-state index contributed by atoms with van der Waals surface area (Å²) < 4.78 is 0. The fraction of sp³-hybridized carbons (Fsp3) is 0.529. The van der Waals surface area contributed by atoms with E-state index in [4.69, 9.17) is 17.5 Å². The minimum absolute atomic E-state index is 0.726. The topological polar surface area (TPSA) is 47.9 Å². The summed E-state index contributed by atoms with van der Waals surface area (Å²) >= 11 is 5.49. The van der Waals surface area contributed by atoms with Crippen molar-refractivity contribution in [1.29, 1.82) is 5.26 Å². The van der Waals surface area contributed by atoms with Crippen LogP contribution in [0.4, 0.5) is 0 Å². The van der Waals surface area contributed by atoms with E-state index in [-0.39, 0.29) is 0 Å². The Hall–Kier alpha value is -1.68. The van der Waals surface area contributed by atoms with Gasteiger partial charge in [0.05, 0.1) is 65.0 Å². The summed E-state index contributed by atoms with van der Waals surface area (Å²) in [6.07, 6.45) is 0. The number of piperazine rings is 1. The number of hydrogen-bond donors (Lipinski definition) is 3. The molecule has 0 atom stereocenters. The molecule has 1 aromatic rings. The Balaban J connectivity index is 1.72. The summed E-state index contributed by atoms with van der Waals surface area (Å²) in [7, 11) is 4.30. The highest BCUT2D eigenvalue weighted by Crippen LogP contribution is 2.02. The first kappa shape index (κ1) is 17.7. The molecule has 0 saturated carbocycles. The maximum Gasteiger partial charge on any atom is 0.169 e. The molecule has 6 heteroatoms. The van der Waals surface area contributed by atoms with Crippen LogP contribution in [-0.4, -0.2) is 63.4 Å². The van der Waals surface area contributed by atoms with E-state index in [0.29, 0.717) is 0 Å². The van der Waals surface area contributed by atoms with Crippen molar-refractivity contribution in [2.45, 2.75) is 6.54 Å². The molecule has 1 saturated heterocycles. The van der Waals surface area contributed by atoms with Crippen LogP contribution in [0, 0.1) is 11.3 Å². The van der Waals surface area contributed by atoms with Gasteiger partial charge in [0.15, 0.2) is 5.11 Å². The van der Waals surface area contributed by atoms with Crippen molar-refractivity contribution in [3.8, 4) is 6.07 Å². The lowest BCUT2D eigenvalue weighted by Crippen LogP contribution is -3.13. The molecule has 0 radical (unpaired) electrons. The highest BCUT2D eigenvalue weighted by atomic mass is 32.1.